The normalized spacial score (nSPS) is 13.3. The highest BCUT2D eigenvalue weighted by atomic mass is 35.5. The molecular formula is C22H24ClN3O3. The highest BCUT2D eigenvalue weighted by Gasteiger charge is 2.25. The maximum absolute atomic E-state index is 13.0. The summed E-state index contributed by atoms with van der Waals surface area (Å²) in [6, 6.07) is 14.1. The van der Waals surface area contributed by atoms with Crippen molar-refractivity contribution in [1.82, 2.24) is 10.3 Å². The topological polar surface area (TPSA) is 80.2 Å². The first-order valence-electron chi connectivity index (χ1n) is 9.32. The Morgan fingerprint density at radius 3 is 2.69 bits per heavy atom. The quantitative estimate of drug-likeness (QED) is 0.267. The molecule has 0 spiro atoms. The number of hydroxylamine groups is 1. The van der Waals surface area contributed by atoms with Crippen LogP contribution in [0.2, 0.25) is 5.02 Å². The Hall–Kier alpha value is -2.99. The van der Waals surface area contributed by atoms with E-state index in [1.807, 2.05) is 36.4 Å². The third-order valence-corrected chi connectivity index (χ3v) is 4.49. The van der Waals surface area contributed by atoms with E-state index in [1.54, 1.807) is 39.1 Å². The number of hydrogen-bond donors (Lipinski definition) is 2. The van der Waals surface area contributed by atoms with Crippen LogP contribution in [0.3, 0.4) is 0 Å². The van der Waals surface area contributed by atoms with Crippen LogP contribution in [0.25, 0.3) is 10.9 Å². The lowest BCUT2D eigenvalue weighted by Crippen LogP contribution is -2.36. The van der Waals surface area contributed by atoms with Gasteiger partial charge in [0.05, 0.1) is 6.54 Å². The maximum atomic E-state index is 13.0. The van der Waals surface area contributed by atoms with Gasteiger partial charge in [-0.15, -0.1) is 0 Å². The number of ether oxygens (including phenoxy) is 1. The fourth-order valence-corrected chi connectivity index (χ4v) is 3.18. The number of fused-ring (bicyclic) bond motifs is 1. The van der Waals surface area contributed by atoms with Crippen LogP contribution < -0.4 is 5.32 Å². The molecule has 152 valence electrons. The van der Waals surface area contributed by atoms with Gasteiger partial charge in [0.1, 0.15) is 5.60 Å². The smallest absolute Gasteiger partial charge is 0.407 e. The van der Waals surface area contributed by atoms with Gasteiger partial charge in [0.2, 0.25) is 6.04 Å². The Bertz CT molecular complexity index is 1020. The zero-order chi connectivity index (χ0) is 21.0. The molecule has 1 heterocycles. The lowest BCUT2D eigenvalue weighted by atomic mass is 10.1. The first-order valence-corrected chi connectivity index (χ1v) is 9.69. The molecule has 1 atom stereocenters. The van der Waals surface area contributed by atoms with Crippen LogP contribution in [-0.2, 0) is 4.74 Å². The number of alkyl carbamates (subject to hydrolysis) is 1. The van der Waals surface area contributed by atoms with Gasteiger partial charge in [0.25, 0.3) is 0 Å². The van der Waals surface area contributed by atoms with E-state index in [2.05, 4.69) is 10.3 Å². The van der Waals surface area contributed by atoms with Crippen molar-refractivity contribution < 1.29 is 14.3 Å². The average Bonchev–Trinajstić information content (AvgIpc) is 3.04. The van der Waals surface area contributed by atoms with Crippen LogP contribution in [0.4, 0.5) is 4.79 Å². The Labute approximate surface area is 174 Å². The molecule has 2 aromatic carbocycles. The molecule has 7 heteroatoms. The van der Waals surface area contributed by atoms with Gasteiger partial charge in [0.15, 0.2) is 6.21 Å². The van der Waals surface area contributed by atoms with Gasteiger partial charge in [-0.25, -0.2) is 9.53 Å². The van der Waals surface area contributed by atoms with E-state index >= 15 is 0 Å². The average molecular weight is 414 g/mol. The molecule has 0 saturated carbocycles. The number of nitrogens with zero attached hydrogens (tertiary/aromatic N) is 1. The molecule has 3 rings (SSSR count). The molecule has 3 aromatic rings. The van der Waals surface area contributed by atoms with Crippen molar-refractivity contribution in [3.05, 3.63) is 76.1 Å². The molecule has 0 aliphatic heterocycles. The second kappa shape index (κ2) is 8.57. The summed E-state index contributed by atoms with van der Waals surface area (Å²) in [6.07, 6.45) is 2.71. The van der Waals surface area contributed by atoms with Crippen LogP contribution in [-0.4, -0.2) is 34.2 Å². The van der Waals surface area contributed by atoms with Crippen LogP contribution in [0.15, 0.2) is 54.7 Å². The van der Waals surface area contributed by atoms with E-state index in [4.69, 9.17) is 16.3 Å². The number of halogens is 1. The number of aromatic amines is 1. The summed E-state index contributed by atoms with van der Waals surface area (Å²) < 4.78 is 6.15. The predicted octanol–water partition coefficient (Wildman–Crippen LogP) is 5.02. The Morgan fingerprint density at radius 2 is 2.00 bits per heavy atom. The monoisotopic (exact) mass is 413 g/mol. The van der Waals surface area contributed by atoms with E-state index in [-0.39, 0.29) is 6.54 Å². The van der Waals surface area contributed by atoms with Crippen molar-refractivity contribution in [3.63, 3.8) is 0 Å². The second-order valence-corrected chi connectivity index (χ2v) is 8.17. The number of hydrogen-bond acceptors (Lipinski definition) is 3. The number of rotatable bonds is 5. The lowest BCUT2D eigenvalue weighted by molar-refractivity contribution is -0.500. The molecule has 2 N–H and O–H groups in total. The zero-order valence-corrected chi connectivity index (χ0v) is 17.4. The number of carbonyl (C=O) groups is 1. The number of aromatic nitrogens is 1. The fraction of sp³-hybridized carbons (Fsp3) is 0.273. The summed E-state index contributed by atoms with van der Waals surface area (Å²) in [5.41, 5.74) is 1.73. The molecule has 0 radical (unpaired) electrons. The largest absolute Gasteiger partial charge is 0.623 e. The van der Waals surface area contributed by atoms with Gasteiger partial charge in [-0.1, -0.05) is 35.9 Å². The van der Waals surface area contributed by atoms with E-state index in [1.165, 1.54) is 6.21 Å². The number of carbonyl (C=O) groups excluding carboxylic acids is 1. The maximum Gasteiger partial charge on any atom is 0.407 e. The third-order valence-electron chi connectivity index (χ3n) is 4.26. The molecule has 29 heavy (non-hydrogen) atoms. The van der Waals surface area contributed by atoms with Gasteiger partial charge in [-0.05, 0) is 45.0 Å². The van der Waals surface area contributed by atoms with Crippen LogP contribution >= 0.6 is 11.6 Å². The van der Waals surface area contributed by atoms with Crippen molar-refractivity contribution in [2.75, 3.05) is 6.54 Å². The van der Waals surface area contributed by atoms with Gasteiger partial charge < -0.3 is 20.2 Å². The SMILES string of the molecule is CC(C)(C)OC(=O)NCC(c1c[nH]c2cc(Cl)ccc12)/[N+]([O-])=C\c1ccccc1. The molecule has 0 fully saturated rings. The van der Waals surface area contributed by atoms with E-state index < -0.39 is 17.7 Å². The van der Waals surface area contributed by atoms with E-state index in [9.17, 15) is 10.0 Å². The minimum absolute atomic E-state index is 0.0807. The van der Waals surface area contributed by atoms with Gasteiger partial charge >= 0.3 is 6.09 Å². The van der Waals surface area contributed by atoms with Crippen LogP contribution in [0.1, 0.15) is 37.9 Å². The first-order chi connectivity index (χ1) is 13.7. The Morgan fingerprint density at radius 1 is 1.28 bits per heavy atom. The number of benzene rings is 2. The summed E-state index contributed by atoms with van der Waals surface area (Å²) in [5, 5.41) is 17.2. The predicted molar refractivity (Wildman–Crippen MR) is 116 cm³/mol. The van der Waals surface area contributed by atoms with Crippen molar-refractivity contribution in [2.24, 2.45) is 0 Å². The standard InChI is InChI=1S/C22H24ClN3O3/c1-22(2,3)29-21(27)25-13-20(26(28)14-15-7-5-4-6-8-15)18-12-24-19-11-16(23)9-10-17(18)19/h4-12,14,20,24H,13H2,1-3H3,(H,25,27)/b26-14+. The number of nitrogens with one attached hydrogen (secondary N) is 2. The lowest BCUT2D eigenvalue weighted by Gasteiger charge is -2.21. The van der Waals surface area contributed by atoms with Crippen molar-refractivity contribution in [3.8, 4) is 0 Å². The number of amides is 1. The van der Waals surface area contributed by atoms with Crippen molar-refractivity contribution >= 4 is 34.8 Å². The van der Waals surface area contributed by atoms with Crippen molar-refractivity contribution in [1.29, 1.82) is 0 Å². The molecule has 1 aromatic heterocycles. The van der Waals surface area contributed by atoms with Gasteiger partial charge in [-0.3, -0.25) is 0 Å². The molecular weight excluding hydrogens is 390 g/mol. The summed E-state index contributed by atoms with van der Waals surface area (Å²) in [7, 11) is 0. The van der Waals surface area contributed by atoms with Crippen LogP contribution in [0, 0.1) is 5.21 Å². The number of H-pyrrole nitrogens is 1. The summed E-state index contributed by atoms with van der Waals surface area (Å²) in [5.74, 6) is 0. The molecule has 0 saturated heterocycles. The highest BCUT2D eigenvalue weighted by Crippen LogP contribution is 2.28. The molecule has 1 unspecified atom stereocenters. The summed E-state index contributed by atoms with van der Waals surface area (Å²) in [6.45, 7) is 5.45. The second-order valence-electron chi connectivity index (χ2n) is 7.73. The third kappa shape index (κ3) is 5.51. The fourth-order valence-electron chi connectivity index (χ4n) is 3.00. The minimum Gasteiger partial charge on any atom is -0.623 e. The van der Waals surface area contributed by atoms with Gasteiger partial charge in [-0.2, -0.15) is 0 Å². The van der Waals surface area contributed by atoms with Crippen molar-refractivity contribution in [2.45, 2.75) is 32.4 Å². The zero-order valence-electron chi connectivity index (χ0n) is 16.6. The molecule has 0 bridgehead atoms. The Kier molecular flexibility index (Phi) is 6.13. The molecule has 0 aliphatic rings. The summed E-state index contributed by atoms with van der Waals surface area (Å²) in [4.78, 5) is 15.3. The first kappa shape index (κ1) is 20.7. The molecule has 0 aliphatic carbocycles. The van der Waals surface area contributed by atoms with E-state index in [0.717, 1.165) is 26.8 Å². The highest BCUT2D eigenvalue weighted by molar-refractivity contribution is 6.31. The van der Waals surface area contributed by atoms with Crippen LogP contribution in [0.5, 0.6) is 0 Å². The van der Waals surface area contributed by atoms with E-state index in [0.29, 0.717) is 5.02 Å². The Balaban J connectivity index is 1.92. The van der Waals surface area contributed by atoms with Gasteiger partial charge in [0, 0.05) is 33.2 Å². The molecule has 1 amide bonds. The summed E-state index contributed by atoms with van der Waals surface area (Å²) >= 11 is 6.07. The minimum atomic E-state index is -0.655. The molecule has 6 nitrogen and oxygen atoms in total.